The summed E-state index contributed by atoms with van der Waals surface area (Å²) in [6.07, 6.45) is 2.51. The van der Waals surface area contributed by atoms with Crippen molar-refractivity contribution in [3.05, 3.63) is 24.7 Å². The molecule has 0 fully saturated rings. The SMILES string of the molecule is Nc1coc(O[P+](=O)Oc2cc(N)co2)c1. The van der Waals surface area contributed by atoms with Gasteiger partial charge in [0.1, 0.15) is 12.5 Å². The average molecular weight is 243 g/mol. The molecule has 0 aromatic carbocycles. The normalized spacial score (nSPS) is 10.0. The van der Waals surface area contributed by atoms with Crippen LogP contribution >= 0.6 is 8.25 Å². The minimum atomic E-state index is -2.46. The quantitative estimate of drug-likeness (QED) is 0.790. The molecule has 0 aliphatic carbocycles. The fourth-order valence-corrected chi connectivity index (χ4v) is 1.44. The predicted molar refractivity (Wildman–Crippen MR) is 55.1 cm³/mol. The molecule has 0 saturated carbocycles. The third kappa shape index (κ3) is 2.46. The number of furan rings is 2. The van der Waals surface area contributed by atoms with Crippen molar-refractivity contribution in [2.24, 2.45) is 0 Å². The standard InChI is InChI=1S/C8H8N2O5P/c9-5-1-7(12-3-5)14-16(11)15-8-2-6(10)4-13-8/h1-4H,9-10H2/q+1. The van der Waals surface area contributed by atoms with Gasteiger partial charge < -0.3 is 20.3 Å². The molecule has 2 aromatic heterocycles. The molecule has 0 aliphatic rings. The Balaban J connectivity index is 1.94. The molecule has 0 unspecified atom stereocenters. The second kappa shape index (κ2) is 4.16. The van der Waals surface area contributed by atoms with E-state index in [2.05, 4.69) is 0 Å². The lowest BCUT2D eigenvalue weighted by atomic mass is 10.6. The molecule has 0 bridgehead atoms. The van der Waals surface area contributed by atoms with Crippen molar-refractivity contribution < 1.29 is 22.4 Å². The van der Waals surface area contributed by atoms with E-state index in [1.165, 1.54) is 24.7 Å². The first-order chi connectivity index (χ1) is 7.63. The van der Waals surface area contributed by atoms with Gasteiger partial charge in [0.05, 0.1) is 23.5 Å². The van der Waals surface area contributed by atoms with Crippen LogP contribution in [-0.4, -0.2) is 0 Å². The zero-order valence-corrected chi connectivity index (χ0v) is 8.85. The molecular formula is C8H8N2O5P+. The average Bonchev–Trinajstić information content (AvgIpc) is 2.76. The van der Waals surface area contributed by atoms with E-state index in [9.17, 15) is 4.57 Å². The highest BCUT2D eigenvalue weighted by Gasteiger charge is 2.28. The van der Waals surface area contributed by atoms with Gasteiger partial charge >= 0.3 is 20.1 Å². The zero-order valence-electron chi connectivity index (χ0n) is 7.95. The van der Waals surface area contributed by atoms with E-state index in [1.54, 1.807) is 0 Å². The molecule has 2 rings (SSSR count). The number of anilines is 2. The monoisotopic (exact) mass is 243 g/mol. The van der Waals surface area contributed by atoms with E-state index in [0.29, 0.717) is 11.4 Å². The van der Waals surface area contributed by atoms with Gasteiger partial charge in [-0.15, -0.1) is 0 Å². The zero-order chi connectivity index (χ0) is 11.5. The van der Waals surface area contributed by atoms with Crippen molar-refractivity contribution in [2.45, 2.75) is 0 Å². The smallest absolute Gasteiger partial charge is 0.428 e. The van der Waals surface area contributed by atoms with Gasteiger partial charge in [-0.1, -0.05) is 0 Å². The third-order valence-electron chi connectivity index (χ3n) is 1.52. The Labute approximate surface area is 90.9 Å². The van der Waals surface area contributed by atoms with Crippen LogP contribution in [-0.2, 0) is 4.57 Å². The van der Waals surface area contributed by atoms with Gasteiger partial charge in [-0.3, -0.25) is 0 Å². The maximum atomic E-state index is 11.3. The van der Waals surface area contributed by atoms with Crippen molar-refractivity contribution in [2.75, 3.05) is 11.5 Å². The first-order valence-electron chi connectivity index (χ1n) is 4.15. The second-order valence-electron chi connectivity index (χ2n) is 2.80. The second-order valence-corrected chi connectivity index (χ2v) is 3.62. The molecule has 84 valence electrons. The summed E-state index contributed by atoms with van der Waals surface area (Å²) >= 11 is 0. The topological polar surface area (TPSA) is 114 Å². The number of hydrogen-bond acceptors (Lipinski definition) is 7. The van der Waals surface area contributed by atoms with Crippen LogP contribution in [0.25, 0.3) is 0 Å². The summed E-state index contributed by atoms with van der Waals surface area (Å²) in [5, 5.41) is 0. The van der Waals surface area contributed by atoms with Gasteiger partial charge in [-0.2, -0.15) is 9.05 Å². The maximum Gasteiger partial charge on any atom is 0.811 e. The minimum absolute atomic E-state index is 0.00172. The van der Waals surface area contributed by atoms with E-state index in [0.717, 1.165) is 0 Å². The van der Waals surface area contributed by atoms with Gasteiger partial charge in [0.15, 0.2) is 0 Å². The number of nitrogens with two attached hydrogens (primary N) is 2. The predicted octanol–water partition coefficient (Wildman–Crippen LogP) is 2.15. The Hall–Kier alpha value is -2.14. The van der Waals surface area contributed by atoms with Crippen LogP contribution in [0, 0.1) is 0 Å². The van der Waals surface area contributed by atoms with E-state index in [-0.39, 0.29) is 11.9 Å². The largest absolute Gasteiger partial charge is 0.811 e. The molecule has 0 saturated heterocycles. The number of hydrogen-bond donors (Lipinski definition) is 2. The fourth-order valence-electron chi connectivity index (χ4n) is 0.922. The van der Waals surface area contributed by atoms with Crippen LogP contribution < -0.4 is 20.5 Å². The van der Waals surface area contributed by atoms with Gasteiger partial charge in [0, 0.05) is 4.57 Å². The molecule has 2 heterocycles. The number of rotatable bonds is 4. The highest BCUT2D eigenvalue weighted by atomic mass is 31.1. The molecule has 0 amide bonds. The van der Waals surface area contributed by atoms with E-state index >= 15 is 0 Å². The molecule has 2 aromatic rings. The van der Waals surface area contributed by atoms with Crippen LogP contribution in [0.4, 0.5) is 11.4 Å². The van der Waals surface area contributed by atoms with Gasteiger partial charge in [0.25, 0.3) is 0 Å². The van der Waals surface area contributed by atoms with Crippen LogP contribution in [0.3, 0.4) is 0 Å². The summed E-state index contributed by atoms with van der Waals surface area (Å²) in [6, 6.07) is 2.74. The first-order valence-corrected chi connectivity index (χ1v) is 5.24. The Kier molecular flexibility index (Phi) is 2.70. The molecule has 4 N–H and O–H groups in total. The fraction of sp³-hybridized carbons (Fsp3) is 0. The Bertz CT molecular complexity index is 462. The van der Waals surface area contributed by atoms with Gasteiger partial charge in [0.2, 0.25) is 0 Å². The summed E-state index contributed by atoms with van der Waals surface area (Å²) in [6.45, 7) is 0. The highest BCUT2D eigenvalue weighted by molar-refractivity contribution is 7.34. The van der Waals surface area contributed by atoms with E-state index in [4.69, 9.17) is 29.3 Å². The van der Waals surface area contributed by atoms with Crippen LogP contribution in [0.5, 0.6) is 11.9 Å². The molecule has 7 nitrogen and oxygen atoms in total. The maximum absolute atomic E-state index is 11.3. The summed E-state index contributed by atoms with van der Waals surface area (Å²) < 4.78 is 30.5. The third-order valence-corrected chi connectivity index (χ3v) is 2.18. The number of nitrogen functional groups attached to an aromatic ring is 2. The van der Waals surface area contributed by atoms with Crippen molar-refractivity contribution >= 4 is 19.6 Å². The van der Waals surface area contributed by atoms with Crippen LogP contribution in [0.15, 0.2) is 33.5 Å². The lowest BCUT2D eigenvalue weighted by Crippen LogP contribution is -1.86. The molecule has 8 heteroatoms. The Morgan fingerprint density at radius 1 is 1.00 bits per heavy atom. The van der Waals surface area contributed by atoms with Gasteiger partial charge in [-0.25, -0.2) is 0 Å². The molecular weight excluding hydrogens is 235 g/mol. The van der Waals surface area contributed by atoms with Gasteiger partial charge in [-0.05, 0) is 0 Å². The minimum Gasteiger partial charge on any atom is -0.428 e. The van der Waals surface area contributed by atoms with Crippen LogP contribution in [0.1, 0.15) is 0 Å². The first kappa shape index (κ1) is 10.4. The molecule has 0 spiro atoms. The lowest BCUT2D eigenvalue weighted by molar-refractivity contribution is 0.321. The molecule has 0 aliphatic heterocycles. The molecule has 0 radical (unpaired) electrons. The van der Waals surface area contributed by atoms with Crippen molar-refractivity contribution in [3.8, 4) is 11.9 Å². The van der Waals surface area contributed by atoms with Crippen molar-refractivity contribution in [1.29, 1.82) is 0 Å². The summed E-state index contributed by atoms with van der Waals surface area (Å²) in [4.78, 5) is 0. The summed E-state index contributed by atoms with van der Waals surface area (Å²) in [7, 11) is -2.46. The van der Waals surface area contributed by atoms with E-state index < -0.39 is 8.25 Å². The Morgan fingerprint density at radius 2 is 1.44 bits per heavy atom. The Morgan fingerprint density at radius 3 is 1.75 bits per heavy atom. The molecule has 16 heavy (non-hydrogen) atoms. The summed E-state index contributed by atoms with van der Waals surface area (Å²) in [5.41, 5.74) is 11.5. The van der Waals surface area contributed by atoms with Crippen molar-refractivity contribution in [1.82, 2.24) is 0 Å². The van der Waals surface area contributed by atoms with Crippen molar-refractivity contribution in [3.63, 3.8) is 0 Å². The van der Waals surface area contributed by atoms with Crippen LogP contribution in [0.2, 0.25) is 0 Å². The summed E-state index contributed by atoms with van der Waals surface area (Å²) in [5.74, 6) is -0.00345. The van der Waals surface area contributed by atoms with E-state index in [1.807, 2.05) is 0 Å². The molecule has 0 atom stereocenters. The highest BCUT2D eigenvalue weighted by Crippen LogP contribution is 2.33. The lowest BCUT2D eigenvalue weighted by Gasteiger charge is -1.85.